The summed E-state index contributed by atoms with van der Waals surface area (Å²) < 4.78 is 11.2. The normalized spacial score (nSPS) is 18.2. The van der Waals surface area contributed by atoms with E-state index in [0.29, 0.717) is 18.3 Å². The second-order valence-electron chi connectivity index (χ2n) is 6.41. The van der Waals surface area contributed by atoms with Crippen LogP contribution in [0.2, 0.25) is 0 Å². The van der Waals surface area contributed by atoms with Crippen LogP contribution in [0, 0.1) is 0 Å². The van der Waals surface area contributed by atoms with E-state index in [9.17, 15) is 4.79 Å². The summed E-state index contributed by atoms with van der Waals surface area (Å²) in [5, 5.41) is 0. The van der Waals surface area contributed by atoms with Gasteiger partial charge in [0.25, 0.3) is 11.8 Å². The molecule has 2 heterocycles. The maximum atomic E-state index is 13.1. The number of methoxy groups -OCH3 is 1. The average Bonchev–Trinajstić information content (AvgIpc) is 2.70. The van der Waals surface area contributed by atoms with Crippen molar-refractivity contribution in [1.82, 2.24) is 14.9 Å². The Labute approximate surface area is 154 Å². The van der Waals surface area contributed by atoms with Crippen LogP contribution in [-0.4, -0.2) is 47.1 Å². The van der Waals surface area contributed by atoms with Gasteiger partial charge in [-0.05, 0) is 24.8 Å². The number of ether oxygens (including phenoxy) is 2. The van der Waals surface area contributed by atoms with Gasteiger partial charge in [-0.15, -0.1) is 0 Å². The summed E-state index contributed by atoms with van der Waals surface area (Å²) in [6.45, 7) is 3.37. The monoisotopic (exact) mass is 355 g/mol. The predicted octanol–water partition coefficient (Wildman–Crippen LogP) is 3.05. The van der Waals surface area contributed by atoms with Crippen LogP contribution in [0.4, 0.5) is 0 Å². The molecule has 6 heteroatoms. The highest BCUT2D eigenvalue weighted by Crippen LogP contribution is 2.27. The first-order valence-electron chi connectivity index (χ1n) is 9.08. The molecule has 1 aliphatic rings. The van der Waals surface area contributed by atoms with Crippen LogP contribution in [-0.2, 0) is 4.79 Å². The van der Waals surface area contributed by atoms with E-state index in [1.165, 1.54) is 0 Å². The van der Waals surface area contributed by atoms with Gasteiger partial charge in [0.1, 0.15) is 6.10 Å². The molecule has 1 aromatic carbocycles. The molecule has 1 aliphatic heterocycles. The lowest BCUT2D eigenvalue weighted by molar-refractivity contribution is -0.135. The summed E-state index contributed by atoms with van der Waals surface area (Å²) in [5.41, 5.74) is 1.07. The minimum absolute atomic E-state index is 0.105. The molecule has 2 aromatic rings. The lowest BCUT2D eigenvalue weighted by Crippen LogP contribution is -2.46. The zero-order valence-electron chi connectivity index (χ0n) is 15.3. The molecule has 1 aromatic heterocycles. The van der Waals surface area contributed by atoms with Crippen molar-refractivity contribution in [3.05, 3.63) is 48.3 Å². The number of aromatic nitrogens is 2. The molecular formula is C20H25N3O3. The molecule has 3 rings (SSSR count). The van der Waals surface area contributed by atoms with Gasteiger partial charge in [0, 0.05) is 18.9 Å². The molecule has 0 aliphatic carbocycles. The first kappa shape index (κ1) is 18.2. The number of carbonyl (C=O) groups is 1. The van der Waals surface area contributed by atoms with Crippen molar-refractivity contribution in [1.29, 1.82) is 0 Å². The Hall–Kier alpha value is -2.63. The zero-order chi connectivity index (χ0) is 18.4. The molecule has 138 valence electrons. The fourth-order valence-electron chi connectivity index (χ4n) is 3.38. The van der Waals surface area contributed by atoms with E-state index in [4.69, 9.17) is 9.47 Å². The molecule has 0 N–H and O–H groups in total. The van der Waals surface area contributed by atoms with Crippen molar-refractivity contribution in [2.75, 3.05) is 20.2 Å². The molecule has 26 heavy (non-hydrogen) atoms. The standard InChI is InChI=1S/C20H25N3O3/c1-3-17(15-8-5-4-6-9-15)20(24)23-13-7-10-16(14-23)26-19-18(25-2)21-11-12-22-19/h4-6,8-9,11-12,16-17H,3,7,10,13-14H2,1-2H3. The number of rotatable bonds is 6. The predicted molar refractivity (Wildman–Crippen MR) is 98.3 cm³/mol. The number of hydrogen-bond donors (Lipinski definition) is 0. The van der Waals surface area contributed by atoms with Gasteiger partial charge in [-0.1, -0.05) is 37.3 Å². The highest BCUT2D eigenvalue weighted by Gasteiger charge is 2.30. The summed E-state index contributed by atoms with van der Waals surface area (Å²) in [4.78, 5) is 23.3. The molecule has 0 bridgehead atoms. The summed E-state index contributed by atoms with van der Waals surface area (Å²) in [6.07, 6.45) is 5.60. The molecule has 1 fully saturated rings. The number of nitrogens with zero attached hydrogens (tertiary/aromatic N) is 3. The van der Waals surface area contributed by atoms with Gasteiger partial charge in [-0.2, -0.15) is 0 Å². The molecule has 1 amide bonds. The number of likely N-dealkylation sites (tertiary alicyclic amines) is 1. The van der Waals surface area contributed by atoms with Crippen LogP contribution in [0.1, 0.15) is 37.7 Å². The Morgan fingerprint density at radius 1 is 1.23 bits per heavy atom. The number of piperidine rings is 1. The van der Waals surface area contributed by atoms with Gasteiger partial charge < -0.3 is 14.4 Å². The fourth-order valence-corrected chi connectivity index (χ4v) is 3.38. The van der Waals surface area contributed by atoms with Crippen molar-refractivity contribution < 1.29 is 14.3 Å². The van der Waals surface area contributed by atoms with E-state index in [-0.39, 0.29) is 17.9 Å². The van der Waals surface area contributed by atoms with Gasteiger partial charge in [-0.3, -0.25) is 4.79 Å². The lowest BCUT2D eigenvalue weighted by Gasteiger charge is -2.34. The topological polar surface area (TPSA) is 64.6 Å². The van der Waals surface area contributed by atoms with Gasteiger partial charge in [-0.25, -0.2) is 9.97 Å². The maximum Gasteiger partial charge on any atom is 0.278 e. The van der Waals surface area contributed by atoms with Crippen molar-refractivity contribution in [2.24, 2.45) is 0 Å². The van der Waals surface area contributed by atoms with Gasteiger partial charge >= 0.3 is 0 Å². The zero-order valence-corrected chi connectivity index (χ0v) is 15.3. The summed E-state index contributed by atoms with van der Waals surface area (Å²) >= 11 is 0. The highest BCUT2D eigenvalue weighted by molar-refractivity contribution is 5.83. The number of hydrogen-bond acceptors (Lipinski definition) is 5. The van der Waals surface area contributed by atoms with E-state index < -0.39 is 0 Å². The Bertz CT molecular complexity index is 723. The van der Waals surface area contributed by atoms with Gasteiger partial charge in [0.05, 0.1) is 19.6 Å². The van der Waals surface area contributed by atoms with Crippen LogP contribution in [0.25, 0.3) is 0 Å². The molecule has 0 radical (unpaired) electrons. The average molecular weight is 355 g/mol. The Kier molecular flexibility index (Phi) is 6.04. The van der Waals surface area contributed by atoms with Crippen molar-refractivity contribution in [3.8, 4) is 11.8 Å². The summed E-state index contributed by atoms with van der Waals surface area (Å²) in [6, 6.07) is 9.98. The fraction of sp³-hybridized carbons (Fsp3) is 0.450. The minimum atomic E-state index is -0.110. The second-order valence-corrected chi connectivity index (χ2v) is 6.41. The Morgan fingerprint density at radius 3 is 2.65 bits per heavy atom. The molecule has 6 nitrogen and oxygen atoms in total. The highest BCUT2D eigenvalue weighted by atomic mass is 16.5. The molecule has 1 saturated heterocycles. The van der Waals surface area contributed by atoms with E-state index in [1.54, 1.807) is 19.5 Å². The smallest absolute Gasteiger partial charge is 0.278 e. The lowest BCUT2D eigenvalue weighted by atomic mass is 9.94. The molecular weight excluding hydrogens is 330 g/mol. The summed E-state index contributed by atoms with van der Waals surface area (Å²) in [7, 11) is 1.54. The largest absolute Gasteiger partial charge is 0.477 e. The minimum Gasteiger partial charge on any atom is -0.477 e. The SMILES string of the molecule is CCC(C(=O)N1CCCC(Oc2nccnc2OC)C1)c1ccccc1. The van der Waals surface area contributed by atoms with Gasteiger partial charge in [0.2, 0.25) is 5.91 Å². The molecule has 0 spiro atoms. The van der Waals surface area contributed by atoms with Crippen molar-refractivity contribution in [2.45, 2.75) is 38.2 Å². The Morgan fingerprint density at radius 2 is 1.96 bits per heavy atom. The quantitative estimate of drug-likeness (QED) is 0.797. The van der Waals surface area contributed by atoms with E-state index in [2.05, 4.69) is 16.9 Å². The third-order valence-corrected chi connectivity index (χ3v) is 4.70. The van der Waals surface area contributed by atoms with Crippen molar-refractivity contribution in [3.63, 3.8) is 0 Å². The van der Waals surface area contributed by atoms with Gasteiger partial charge in [0.15, 0.2) is 0 Å². The van der Waals surface area contributed by atoms with Crippen LogP contribution < -0.4 is 9.47 Å². The van der Waals surface area contributed by atoms with E-state index >= 15 is 0 Å². The Balaban J connectivity index is 1.68. The first-order valence-corrected chi connectivity index (χ1v) is 9.08. The second kappa shape index (κ2) is 8.65. The van der Waals surface area contributed by atoms with Crippen LogP contribution >= 0.6 is 0 Å². The van der Waals surface area contributed by atoms with Crippen molar-refractivity contribution >= 4 is 5.91 Å². The molecule has 2 atom stereocenters. The van der Waals surface area contributed by atoms with E-state index in [1.807, 2.05) is 35.2 Å². The van der Waals surface area contributed by atoms with E-state index in [0.717, 1.165) is 31.4 Å². The third kappa shape index (κ3) is 4.12. The molecule has 0 saturated carbocycles. The maximum absolute atomic E-state index is 13.1. The third-order valence-electron chi connectivity index (χ3n) is 4.70. The first-order chi connectivity index (χ1) is 12.7. The number of amides is 1. The number of benzene rings is 1. The molecule has 2 unspecified atom stereocenters. The summed E-state index contributed by atoms with van der Waals surface area (Å²) in [5.74, 6) is 0.801. The number of carbonyl (C=O) groups excluding carboxylic acids is 1. The van der Waals surface area contributed by atoms with Crippen LogP contribution in [0.3, 0.4) is 0 Å². The van der Waals surface area contributed by atoms with Crippen LogP contribution in [0.5, 0.6) is 11.8 Å². The van der Waals surface area contributed by atoms with Crippen LogP contribution in [0.15, 0.2) is 42.7 Å².